The van der Waals surface area contributed by atoms with Gasteiger partial charge in [0.05, 0.1) is 6.33 Å². The molecule has 2 aromatic heterocycles. The smallest absolute Gasteiger partial charge is 0.244 e. The molecule has 0 bridgehead atoms. The maximum Gasteiger partial charge on any atom is 0.244 e. The Morgan fingerprint density at radius 3 is 2.03 bits per heavy atom. The Bertz CT molecular complexity index is 2630. The Morgan fingerprint density at radius 1 is 0.733 bits per heavy atom. The van der Waals surface area contributed by atoms with E-state index in [4.69, 9.17) is 17.2 Å². The van der Waals surface area contributed by atoms with E-state index < -0.39 is 101 Å². The number of aromatic amines is 2. The second kappa shape index (κ2) is 29.3. The van der Waals surface area contributed by atoms with Crippen molar-refractivity contribution < 1.29 is 43.2 Å². The molecule has 3 heterocycles. The number of nitrogens with one attached hydrogen (secondary N) is 10. The molecule has 5 rings (SSSR count). The highest BCUT2D eigenvalue weighted by atomic mass is 33.1. The van der Waals surface area contributed by atoms with Gasteiger partial charge in [-0.1, -0.05) is 89.9 Å². The molecule has 1 aliphatic rings. The van der Waals surface area contributed by atoms with Crippen LogP contribution < -0.4 is 59.7 Å². The number of para-hydroxylation sites is 1. The number of rotatable bonds is 17. The highest BCUT2D eigenvalue weighted by Crippen LogP contribution is 2.24. The van der Waals surface area contributed by atoms with E-state index in [1.54, 1.807) is 36.5 Å². The number of nitrogens with two attached hydrogens (primary N) is 3. The lowest BCUT2D eigenvalue weighted by Gasteiger charge is -2.27. The number of aromatic nitrogens is 3. The van der Waals surface area contributed by atoms with Crippen LogP contribution in [0.2, 0.25) is 0 Å². The number of carbonyl (C=O) groups excluding carboxylic acids is 9. The number of benzene rings is 2. The number of aliphatic imine (C=N–C) groups is 1. The normalized spacial score (nSPS) is 22.2. The first-order chi connectivity index (χ1) is 35.9. The monoisotopic (exact) mass is 1070 g/mol. The van der Waals surface area contributed by atoms with Gasteiger partial charge in [0.2, 0.25) is 53.2 Å². The van der Waals surface area contributed by atoms with Crippen LogP contribution in [-0.2, 0) is 62.4 Å². The number of H-pyrrole nitrogens is 2. The van der Waals surface area contributed by atoms with Crippen molar-refractivity contribution in [1.82, 2.24) is 57.5 Å². The molecule has 0 aliphatic carbocycles. The molecule has 26 heteroatoms. The van der Waals surface area contributed by atoms with Crippen LogP contribution in [0.5, 0.6) is 0 Å². The number of fused-ring (bicyclic) bond motifs is 1. The van der Waals surface area contributed by atoms with Crippen LogP contribution in [0, 0.1) is 0 Å². The van der Waals surface area contributed by atoms with Crippen molar-refractivity contribution in [3.63, 3.8) is 0 Å². The molecule has 16 N–H and O–H groups in total. The molecular formula is C49H67N15O9S2. The number of carbonyl (C=O) groups is 9. The maximum absolute atomic E-state index is 14.6. The summed E-state index contributed by atoms with van der Waals surface area (Å²) in [5.41, 5.74) is 19.5. The summed E-state index contributed by atoms with van der Waals surface area (Å²) in [7, 11) is 2.09. The maximum atomic E-state index is 14.6. The minimum atomic E-state index is -1.37. The quantitative estimate of drug-likeness (QED) is 0.0260. The predicted octanol–water partition coefficient (Wildman–Crippen LogP) is -1.04. The average molecular weight is 1070 g/mol. The molecule has 1 saturated heterocycles. The van der Waals surface area contributed by atoms with Gasteiger partial charge in [-0.25, -0.2) is 4.98 Å². The molecule has 0 radical (unpaired) electrons. The zero-order chi connectivity index (χ0) is 54.4. The number of guanidine groups is 1. The third-order valence-electron chi connectivity index (χ3n) is 12.0. The fourth-order valence-corrected chi connectivity index (χ4v) is 10.3. The Hall–Kier alpha value is -7.61. The first kappa shape index (κ1) is 58.3. The molecule has 2 aromatic carbocycles. The first-order valence-corrected chi connectivity index (χ1v) is 27.0. The number of imidazole rings is 1. The van der Waals surface area contributed by atoms with Gasteiger partial charge in [-0.3, -0.25) is 48.1 Å². The molecule has 24 nitrogen and oxygen atoms in total. The zero-order valence-corrected chi connectivity index (χ0v) is 43.6. The van der Waals surface area contributed by atoms with E-state index in [0.717, 1.165) is 32.5 Å². The third-order valence-corrected chi connectivity index (χ3v) is 14.4. The number of nitrogens with zero attached hydrogens (tertiary/aromatic N) is 2. The van der Waals surface area contributed by atoms with E-state index in [9.17, 15) is 43.2 Å². The molecular weight excluding hydrogens is 1010 g/mol. The van der Waals surface area contributed by atoms with Crippen molar-refractivity contribution in [3.05, 3.63) is 90.1 Å². The van der Waals surface area contributed by atoms with Gasteiger partial charge in [-0.05, 0) is 43.4 Å². The van der Waals surface area contributed by atoms with Crippen LogP contribution in [0.1, 0.15) is 69.7 Å². The molecule has 0 saturated carbocycles. The largest absolute Gasteiger partial charge is 0.370 e. The summed E-state index contributed by atoms with van der Waals surface area (Å²) < 4.78 is 0. The minimum Gasteiger partial charge on any atom is -0.370 e. The first-order valence-electron chi connectivity index (χ1n) is 24.5. The fraction of sp³-hybridized carbons (Fsp3) is 0.449. The van der Waals surface area contributed by atoms with Gasteiger partial charge in [0.1, 0.15) is 48.3 Å². The summed E-state index contributed by atoms with van der Waals surface area (Å²) in [6.07, 6.45) is 5.89. The number of amides is 9. The van der Waals surface area contributed by atoms with Gasteiger partial charge in [-0.2, -0.15) is 0 Å². The average Bonchev–Trinajstić information content (AvgIpc) is 4.05. The molecule has 1 fully saturated rings. The lowest BCUT2D eigenvalue weighted by Crippen LogP contribution is -2.61. The third kappa shape index (κ3) is 18.7. The summed E-state index contributed by atoms with van der Waals surface area (Å²) in [5, 5.41) is 22.3. The Morgan fingerprint density at radius 2 is 1.36 bits per heavy atom. The molecule has 9 amide bonds. The van der Waals surface area contributed by atoms with Crippen molar-refractivity contribution in [1.29, 1.82) is 0 Å². The highest BCUT2D eigenvalue weighted by molar-refractivity contribution is 8.76. The minimum absolute atomic E-state index is 0.0459. The molecule has 8 atom stereocenters. The fourth-order valence-electron chi connectivity index (χ4n) is 7.96. The summed E-state index contributed by atoms with van der Waals surface area (Å²) in [5.74, 6) is -7.34. The van der Waals surface area contributed by atoms with Crippen LogP contribution in [0.4, 0.5) is 0 Å². The van der Waals surface area contributed by atoms with Crippen molar-refractivity contribution in [2.45, 2.75) is 120 Å². The molecule has 0 unspecified atom stereocenters. The van der Waals surface area contributed by atoms with Crippen LogP contribution >= 0.6 is 21.6 Å². The van der Waals surface area contributed by atoms with Crippen molar-refractivity contribution in [2.24, 2.45) is 22.2 Å². The molecule has 75 heavy (non-hydrogen) atoms. The van der Waals surface area contributed by atoms with Gasteiger partial charge in [0, 0.05) is 73.2 Å². The Balaban J connectivity index is 1.56. The second-order valence-corrected chi connectivity index (χ2v) is 20.5. The molecule has 404 valence electrons. The van der Waals surface area contributed by atoms with Gasteiger partial charge in [-0.15, -0.1) is 0 Å². The van der Waals surface area contributed by atoms with Crippen molar-refractivity contribution in [2.75, 3.05) is 18.1 Å². The van der Waals surface area contributed by atoms with Crippen LogP contribution in [-0.4, -0.2) is 140 Å². The molecule has 1 aliphatic heterocycles. The summed E-state index contributed by atoms with van der Waals surface area (Å²) in [6.45, 7) is 4.62. The lowest BCUT2D eigenvalue weighted by molar-refractivity contribution is -0.135. The van der Waals surface area contributed by atoms with E-state index in [0.29, 0.717) is 29.7 Å². The summed E-state index contributed by atoms with van der Waals surface area (Å²) in [4.78, 5) is 139. The Kier molecular flexibility index (Phi) is 22.8. The van der Waals surface area contributed by atoms with Crippen molar-refractivity contribution >= 4 is 91.6 Å². The SMILES string of the molecule is CCCC[C@H](NC(C)=O)C(=O)N[C@@H]1CSSC[C@@H](C(N)=O)NC(=O)[C@H](Cc2c[nH]c3ccccc23)NC(=O)[C@H](CCCN=C(N)N)NC(=O)[C@@H](Cc2ccccc2)NC(=O)[C@H](Cc2cnc[nH]2)NC(=O)[C@H](C)NC1=O. The van der Waals surface area contributed by atoms with Crippen LogP contribution in [0.25, 0.3) is 10.9 Å². The summed E-state index contributed by atoms with van der Waals surface area (Å²) in [6, 6.07) is 5.64. The van der Waals surface area contributed by atoms with E-state index in [1.165, 1.54) is 26.4 Å². The van der Waals surface area contributed by atoms with Gasteiger partial charge >= 0.3 is 0 Å². The lowest BCUT2D eigenvalue weighted by atomic mass is 10.0. The van der Waals surface area contributed by atoms with E-state index in [-0.39, 0.29) is 62.5 Å². The number of unbranched alkanes of at least 4 members (excludes halogenated alkanes) is 1. The number of hydrogen-bond donors (Lipinski definition) is 13. The van der Waals surface area contributed by atoms with E-state index >= 15 is 0 Å². The van der Waals surface area contributed by atoms with Gasteiger partial charge < -0.3 is 69.7 Å². The molecule has 0 spiro atoms. The van der Waals surface area contributed by atoms with E-state index in [1.807, 2.05) is 31.2 Å². The van der Waals surface area contributed by atoms with Crippen LogP contribution in [0.3, 0.4) is 0 Å². The second-order valence-electron chi connectivity index (χ2n) is 17.9. The Labute approximate surface area is 441 Å². The van der Waals surface area contributed by atoms with Crippen molar-refractivity contribution in [3.8, 4) is 0 Å². The van der Waals surface area contributed by atoms with Crippen LogP contribution in [0.15, 0.2) is 78.3 Å². The predicted molar refractivity (Wildman–Crippen MR) is 285 cm³/mol. The van der Waals surface area contributed by atoms with Gasteiger partial charge in [0.15, 0.2) is 5.96 Å². The highest BCUT2D eigenvalue weighted by Gasteiger charge is 2.35. The summed E-state index contributed by atoms with van der Waals surface area (Å²) >= 11 is 0. The number of primary amides is 1. The zero-order valence-electron chi connectivity index (χ0n) is 41.9. The molecule has 4 aromatic rings. The topological polar surface area (TPSA) is 385 Å². The van der Waals surface area contributed by atoms with Gasteiger partial charge in [0.25, 0.3) is 0 Å². The van der Waals surface area contributed by atoms with E-state index in [2.05, 4.69) is 62.5 Å². The number of hydrogen-bond acceptors (Lipinski definition) is 13. The standard InChI is InChI=1S/C49H67N15O9S2/c1-4-5-15-34(58-28(3)65)43(68)64-40-25-75-74-24-39(41(50)66)63-46(71)37(20-30-22-55-33-16-10-9-14-32(30)33)62-44(69)35(17-11-18-54-49(51)52)59-45(70)36(19-29-12-7-6-8-13-29)61-47(72)38(21-31-23-53-26-56-31)60-42(67)27(2)57-48(40)73/h6-10,12-14,16,22-23,26-27,34-40,55H,4-5,11,15,17-21,24-25H2,1-3H3,(H2,50,66)(H,53,56)(H,57,73)(H,58,65)(H,59,70)(H,60,67)(H,61,72)(H,62,69)(H,63,71)(H,64,68)(H4,51,52,54)/t27-,34-,35-,36+,37-,38-,39-,40+/m0/s1.